The minimum Gasteiger partial charge on any atom is -0.344 e. The van der Waals surface area contributed by atoms with Gasteiger partial charge in [0.2, 0.25) is 5.95 Å². The fourth-order valence-electron chi connectivity index (χ4n) is 4.09. The lowest BCUT2D eigenvalue weighted by Gasteiger charge is -2.30. The summed E-state index contributed by atoms with van der Waals surface area (Å²) in [6.07, 6.45) is 7.25. The van der Waals surface area contributed by atoms with Gasteiger partial charge in [-0.1, -0.05) is 18.5 Å². The third-order valence-corrected chi connectivity index (χ3v) is 6.31. The van der Waals surface area contributed by atoms with Gasteiger partial charge in [-0.25, -0.2) is 9.97 Å². The maximum Gasteiger partial charge on any atom is 0.261 e. The molecular weight excluding hydrogens is 426 g/mol. The Bertz CT molecular complexity index is 1320. The van der Waals surface area contributed by atoms with E-state index in [0.29, 0.717) is 28.2 Å². The van der Waals surface area contributed by atoms with Crippen LogP contribution in [0.3, 0.4) is 0 Å². The molecule has 1 saturated heterocycles. The van der Waals surface area contributed by atoms with Crippen LogP contribution in [-0.2, 0) is 7.05 Å². The summed E-state index contributed by atoms with van der Waals surface area (Å²) in [5.74, 6) is 2.53. The van der Waals surface area contributed by atoms with Gasteiger partial charge >= 0.3 is 0 Å². The second kappa shape index (κ2) is 8.27. The van der Waals surface area contributed by atoms with Crippen molar-refractivity contribution in [2.45, 2.75) is 19.8 Å². The molecule has 5 rings (SSSR count). The molecule has 1 aliphatic heterocycles. The monoisotopic (exact) mass is 449 g/mol. The molecule has 0 spiro atoms. The zero-order valence-corrected chi connectivity index (χ0v) is 18.7. The van der Waals surface area contributed by atoms with Crippen LogP contribution in [0.25, 0.3) is 22.3 Å². The van der Waals surface area contributed by atoms with E-state index in [1.165, 1.54) is 0 Å². The second-order valence-corrected chi connectivity index (χ2v) is 8.70. The predicted molar refractivity (Wildman–Crippen MR) is 128 cm³/mol. The maximum atomic E-state index is 12.8. The Morgan fingerprint density at radius 1 is 1.19 bits per heavy atom. The smallest absolute Gasteiger partial charge is 0.261 e. The van der Waals surface area contributed by atoms with Crippen LogP contribution in [0.15, 0.2) is 47.7 Å². The van der Waals surface area contributed by atoms with E-state index in [1.54, 1.807) is 30.2 Å². The first kappa shape index (κ1) is 20.5. The molecule has 2 N–H and O–H groups in total. The number of benzene rings is 1. The average Bonchev–Trinajstić information content (AvgIpc) is 3.33. The summed E-state index contributed by atoms with van der Waals surface area (Å²) in [5.41, 5.74) is 2.06. The molecule has 9 heteroatoms. The van der Waals surface area contributed by atoms with Crippen molar-refractivity contribution in [3.05, 3.63) is 58.2 Å². The van der Waals surface area contributed by atoms with Crippen molar-refractivity contribution in [1.29, 1.82) is 0 Å². The van der Waals surface area contributed by atoms with Gasteiger partial charge in [0.25, 0.3) is 5.56 Å². The molecule has 0 saturated carbocycles. The van der Waals surface area contributed by atoms with E-state index in [-0.39, 0.29) is 5.56 Å². The molecular formula is C23H24ClN7O. The van der Waals surface area contributed by atoms with Gasteiger partial charge < -0.3 is 19.8 Å². The van der Waals surface area contributed by atoms with E-state index in [0.717, 1.165) is 48.4 Å². The van der Waals surface area contributed by atoms with Crippen LogP contribution in [0.5, 0.6) is 0 Å². The van der Waals surface area contributed by atoms with Crippen molar-refractivity contribution in [1.82, 2.24) is 24.5 Å². The number of imidazole rings is 1. The molecule has 164 valence electrons. The molecule has 0 aliphatic carbocycles. The number of piperidine rings is 1. The average molecular weight is 450 g/mol. The van der Waals surface area contributed by atoms with Gasteiger partial charge in [0.15, 0.2) is 5.82 Å². The Morgan fingerprint density at radius 3 is 2.75 bits per heavy atom. The highest BCUT2D eigenvalue weighted by Crippen LogP contribution is 2.29. The molecule has 8 nitrogen and oxygen atoms in total. The largest absolute Gasteiger partial charge is 0.344 e. The fraction of sp³-hybridized carbons (Fsp3) is 0.304. The Balaban J connectivity index is 1.48. The number of nitrogens with zero attached hydrogens (tertiary/aromatic N) is 5. The lowest BCUT2D eigenvalue weighted by molar-refractivity contribution is 0.434. The van der Waals surface area contributed by atoms with Crippen molar-refractivity contribution in [2.75, 3.05) is 23.3 Å². The molecule has 0 amide bonds. The molecule has 1 fully saturated rings. The number of hydrogen-bond donors (Lipinski definition) is 2. The van der Waals surface area contributed by atoms with Crippen molar-refractivity contribution >= 4 is 40.0 Å². The van der Waals surface area contributed by atoms with Gasteiger partial charge in [-0.15, -0.1) is 0 Å². The van der Waals surface area contributed by atoms with Crippen molar-refractivity contribution in [3.8, 4) is 11.4 Å². The van der Waals surface area contributed by atoms with Crippen LogP contribution >= 0.6 is 11.6 Å². The van der Waals surface area contributed by atoms with Crippen LogP contribution in [-0.4, -0.2) is 37.6 Å². The summed E-state index contributed by atoms with van der Waals surface area (Å²) in [4.78, 5) is 31.3. The van der Waals surface area contributed by atoms with Gasteiger partial charge in [0, 0.05) is 43.6 Å². The SMILES string of the molecule is CC1CCN(c2ncc(Cl)c(Nc3ccc4c(c3)cc(-c3ncc[nH]3)c(=O)n4C)n2)CC1. The number of aryl methyl sites for hydroxylation is 1. The van der Waals surface area contributed by atoms with Crippen LogP contribution in [0.1, 0.15) is 19.8 Å². The predicted octanol–water partition coefficient (Wildman–Crippen LogP) is 4.35. The lowest BCUT2D eigenvalue weighted by Crippen LogP contribution is -2.34. The molecule has 3 aromatic heterocycles. The molecule has 0 atom stereocenters. The normalized spacial score (nSPS) is 14.8. The Hall–Kier alpha value is -3.39. The van der Waals surface area contributed by atoms with Crippen molar-refractivity contribution in [3.63, 3.8) is 0 Å². The highest BCUT2D eigenvalue weighted by Gasteiger charge is 2.19. The molecule has 1 aromatic carbocycles. The number of nitrogens with one attached hydrogen (secondary N) is 2. The molecule has 32 heavy (non-hydrogen) atoms. The third kappa shape index (κ3) is 3.82. The zero-order chi connectivity index (χ0) is 22.2. The maximum absolute atomic E-state index is 12.8. The lowest BCUT2D eigenvalue weighted by atomic mass is 10.00. The quantitative estimate of drug-likeness (QED) is 0.481. The number of rotatable bonds is 4. The Morgan fingerprint density at radius 2 is 2.00 bits per heavy atom. The van der Waals surface area contributed by atoms with Gasteiger partial charge in [0.05, 0.1) is 17.3 Å². The number of aromatic nitrogens is 5. The Kier molecular flexibility index (Phi) is 5.30. The Labute approximate surface area is 190 Å². The van der Waals surface area contributed by atoms with Gasteiger partial charge in [0.1, 0.15) is 10.8 Å². The van der Waals surface area contributed by atoms with Crippen LogP contribution < -0.4 is 15.8 Å². The summed E-state index contributed by atoms with van der Waals surface area (Å²) in [7, 11) is 1.76. The molecule has 0 unspecified atom stereocenters. The number of anilines is 3. The first-order chi connectivity index (χ1) is 15.5. The van der Waals surface area contributed by atoms with E-state index in [1.807, 2.05) is 24.3 Å². The molecule has 0 bridgehead atoms. The van der Waals surface area contributed by atoms with Crippen LogP contribution in [0.4, 0.5) is 17.5 Å². The molecule has 1 aliphatic rings. The zero-order valence-electron chi connectivity index (χ0n) is 18.0. The summed E-state index contributed by atoms with van der Waals surface area (Å²) in [6, 6.07) is 7.65. The van der Waals surface area contributed by atoms with E-state index in [2.05, 4.69) is 37.1 Å². The summed E-state index contributed by atoms with van der Waals surface area (Å²) in [5, 5.41) is 4.68. The fourth-order valence-corrected chi connectivity index (χ4v) is 4.22. The van der Waals surface area contributed by atoms with Crippen molar-refractivity contribution in [2.24, 2.45) is 13.0 Å². The number of halogens is 1. The summed E-state index contributed by atoms with van der Waals surface area (Å²) < 4.78 is 1.63. The van der Waals surface area contributed by atoms with Gasteiger partial charge in [-0.3, -0.25) is 4.79 Å². The molecule has 4 aromatic rings. The van der Waals surface area contributed by atoms with E-state index < -0.39 is 0 Å². The second-order valence-electron chi connectivity index (χ2n) is 8.29. The number of H-pyrrole nitrogens is 1. The first-order valence-corrected chi connectivity index (χ1v) is 11.1. The van der Waals surface area contributed by atoms with Crippen LogP contribution in [0, 0.1) is 5.92 Å². The third-order valence-electron chi connectivity index (χ3n) is 6.04. The van der Waals surface area contributed by atoms with E-state index in [9.17, 15) is 4.79 Å². The molecule has 4 heterocycles. The van der Waals surface area contributed by atoms with Gasteiger partial charge in [-0.05, 0) is 43.0 Å². The number of fused-ring (bicyclic) bond motifs is 1. The highest BCUT2D eigenvalue weighted by atomic mass is 35.5. The molecule has 0 radical (unpaired) electrons. The van der Waals surface area contributed by atoms with E-state index >= 15 is 0 Å². The minimum atomic E-state index is -0.104. The summed E-state index contributed by atoms with van der Waals surface area (Å²) in [6.45, 7) is 4.17. The topological polar surface area (TPSA) is 91.7 Å². The number of pyridine rings is 1. The van der Waals surface area contributed by atoms with E-state index in [4.69, 9.17) is 11.6 Å². The minimum absolute atomic E-state index is 0.104. The highest BCUT2D eigenvalue weighted by molar-refractivity contribution is 6.32. The summed E-state index contributed by atoms with van der Waals surface area (Å²) >= 11 is 6.40. The van der Waals surface area contributed by atoms with Crippen molar-refractivity contribution < 1.29 is 0 Å². The number of aromatic amines is 1. The number of hydrogen-bond acceptors (Lipinski definition) is 6. The van der Waals surface area contributed by atoms with Gasteiger partial charge in [-0.2, -0.15) is 4.98 Å². The van der Waals surface area contributed by atoms with Crippen LogP contribution in [0.2, 0.25) is 5.02 Å². The first-order valence-electron chi connectivity index (χ1n) is 10.7. The standard InChI is InChI=1S/C23H24ClN7O/c1-14-5-9-31(10-6-14)23-27-13-18(24)21(29-23)28-16-3-4-19-15(11-16)12-17(22(32)30(19)2)20-25-7-8-26-20/h3-4,7-8,11-14H,5-6,9-10H2,1-2H3,(H,25,26)(H,27,28,29).